The fourth-order valence-corrected chi connectivity index (χ4v) is 5.80. The van der Waals surface area contributed by atoms with Crippen molar-refractivity contribution in [3.05, 3.63) is 94.3 Å². The quantitative estimate of drug-likeness (QED) is 0.310. The molecule has 1 aliphatic carbocycles. The largest absolute Gasteiger partial charge is 0.380 e. The molecule has 3 unspecified atom stereocenters. The van der Waals surface area contributed by atoms with Crippen molar-refractivity contribution in [3.63, 3.8) is 0 Å². The minimum atomic E-state index is -1.000. The molecule has 8 nitrogen and oxygen atoms in total. The van der Waals surface area contributed by atoms with E-state index >= 15 is 4.39 Å². The molecule has 2 aliphatic rings. The first-order valence-corrected chi connectivity index (χ1v) is 14.7. The van der Waals surface area contributed by atoms with Crippen LogP contribution in [-0.4, -0.2) is 49.7 Å². The highest BCUT2D eigenvalue weighted by Gasteiger charge is 2.41. The molecule has 3 atom stereocenters. The van der Waals surface area contributed by atoms with Crippen LogP contribution in [0.1, 0.15) is 48.8 Å². The van der Waals surface area contributed by atoms with Crippen LogP contribution in [0.5, 0.6) is 0 Å². The molecular weight excluding hydrogens is 569 g/mol. The number of urea groups is 1. The van der Waals surface area contributed by atoms with Crippen molar-refractivity contribution in [2.24, 2.45) is 11.7 Å². The summed E-state index contributed by atoms with van der Waals surface area (Å²) in [5.41, 5.74) is 8.51. The van der Waals surface area contributed by atoms with Crippen molar-refractivity contribution >= 4 is 34.9 Å². The molecular formula is C33H35ClFN5O3. The molecule has 1 saturated carbocycles. The number of benzene rings is 3. The minimum Gasteiger partial charge on any atom is -0.380 e. The van der Waals surface area contributed by atoms with Gasteiger partial charge in [-0.25, -0.2) is 9.18 Å². The second-order valence-corrected chi connectivity index (χ2v) is 11.8. The van der Waals surface area contributed by atoms with Gasteiger partial charge in [-0.1, -0.05) is 42.6 Å². The number of methoxy groups -OCH3 is 1. The molecule has 3 aromatic rings. The van der Waals surface area contributed by atoms with Crippen molar-refractivity contribution < 1.29 is 18.7 Å². The molecule has 5 rings (SSSR count). The van der Waals surface area contributed by atoms with Gasteiger partial charge in [-0.15, -0.1) is 0 Å². The minimum absolute atomic E-state index is 0.0282. The third-order valence-corrected chi connectivity index (χ3v) is 8.79. The van der Waals surface area contributed by atoms with E-state index in [-0.39, 0.29) is 24.8 Å². The summed E-state index contributed by atoms with van der Waals surface area (Å²) in [6, 6.07) is 19.3. The van der Waals surface area contributed by atoms with Gasteiger partial charge in [-0.2, -0.15) is 5.26 Å². The van der Waals surface area contributed by atoms with Crippen LogP contribution in [0.3, 0.4) is 0 Å². The summed E-state index contributed by atoms with van der Waals surface area (Å²) < 4.78 is 20.7. The number of carbonyl (C=O) groups excluding carboxylic acids is 2. The molecule has 0 bridgehead atoms. The van der Waals surface area contributed by atoms with Gasteiger partial charge >= 0.3 is 6.03 Å². The lowest BCUT2D eigenvalue weighted by Crippen LogP contribution is -2.48. The maximum atomic E-state index is 15.2. The van der Waals surface area contributed by atoms with Crippen LogP contribution in [0.4, 0.5) is 20.6 Å². The molecule has 0 aromatic heterocycles. The van der Waals surface area contributed by atoms with Gasteiger partial charge in [0.15, 0.2) is 0 Å². The molecule has 1 saturated heterocycles. The first kappa shape index (κ1) is 30.5. The summed E-state index contributed by atoms with van der Waals surface area (Å²) in [4.78, 5) is 30.1. The van der Waals surface area contributed by atoms with Crippen molar-refractivity contribution in [2.75, 3.05) is 30.9 Å². The van der Waals surface area contributed by atoms with Crippen LogP contribution >= 0.6 is 11.6 Å². The van der Waals surface area contributed by atoms with Gasteiger partial charge in [-0.05, 0) is 78.4 Å². The van der Waals surface area contributed by atoms with Gasteiger partial charge in [0.25, 0.3) is 0 Å². The Labute approximate surface area is 256 Å². The number of nitriles is 1. The van der Waals surface area contributed by atoms with Crippen molar-refractivity contribution in [3.8, 4) is 6.07 Å². The average Bonchev–Trinajstić information content (AvgIpc) is 3.76. The van der Waals surface area contributed by atoms with E-state index in [0.29, 0.717) is 34.2 Å². The molecule has 1 aliphatic heterocycles. The third-order valence-electron chi connectivity index (χ3n) is 8.54. The number of hydrogen-bond acceptors (Lipinski definition) is 5. The van der Waals surface area contributed by atoms with E-state index in [1.165, 1.54) is 23.0 Å². The standard InChI is InChI=1S/C33H35ClFN5O3/c1-39(26-11-9-25(34)10-12-26)32(42)40-20-27(43-2)18-30(40)31(41)38-29-17-24(8-13-28(29)35)33(37,15-14-21-6-7-21)23-5-3-4-22(16-23)19-36/h3-5,8-13,16-17,21,27,30H,6-7,14-15,18,20,37H2,1-2H3,(H,38,41). The lowest BCUT2D eigenvalue weighted by atomic mass is 9.79. The normalized spacial score (nSPS) is 19.4. The Morgan fingerprint density at radius 1 is 1.16 bits per heavy atom. The molecule has 2 fully saturated rings. The monoisotopic (exact) mass is 603 g/mol. The zero-order chi connectivity index (χ0) is 30.7. The smallest absolute Gasteiger partial charge is 0.324 e. The Hall–Kier alpha value is -3.97. The Morgan fingerprint density at radius 2 is 1.88 bits per heavy atom. The predicted octanol–water partition coefficient (Wildman–Crippen LogP) is 6.03. The molecule has 1 heterocycles. The molecule has 0 radical (unpaired) electrons. The van der Waals surface area contributed by atoms with E-state index in [1.54, 1.807) is 61.6 Å². The Balaban J connectivity index is 1.41. The number of hydrogen-bond donors (Lipinski definition) is 2. The number of ether oxygens (including phenoxy) is 1. The lowest BCUT2D eigenvalue weighted by molar-refractivity contribution is -0.119. The van der Waals surface area contributed by atoms with Gasteiger partial charge in [0, 0.05) is 37.8 Å². The number of nitrogens with zero attached hydrogens (tertiary/aromatic N) is 3. The number of amides is 3. The maximum Gasteiger partial charge on any atom is 0.324 e. The molecule has 224 valence electrons. The molecule has 3 N–H and O–H groups in total. The van der Waals surface area contributed by atoms with E-state index < -0.39 is 29.3 Å². The van der Waals surface area contributed by atoms with Gasteiger partial charge in [0.2, 0.25) is 5.91 Å². The highest BCUT2D eigenvalue weighted by molar-refractivity contribution is 6.30. The van der Waals surface area contributed by atoms with Crippen LogP contribution in [0, 0.1) is 23.1 Å². The fourth-order valence-electron chi connectivity index (χ4n) is 5.67. The second kappa shape index (κ2) is 12.7. The van der Waals surface area contributed by atoms with Gasteiger partial charge in [-0.3, -0.25) is 9.69 Å². The molecule has 43 heavy (non-hydrogen) atoms. The number of carbonyl (C=O) groups is 2. The number of likely N-dealkylation sites (tertiary alicyclic amines) is 1. The number of rotatable bonds is 9. The summed E-state index contributed by atoms with van der Waals surface area (Å²) in [7, 11) is 3.15. The van der Waals surface area contributed by atoms with Gasteiger partial charge in [0.05, 0.1) is 29.0 Å². The SMILES string of the molecule is COC1CC(C(=O)Nc2cc(C(N)(CCC3CC3)c3cccc(C#N)c3)ccc2F)N(C(=O)N(C)c2ccc(Cl)cc2)C1. The van der Waals surface area contributed by atoms with Gasteiger partial charge in [0.1, 0.15) is 11.9 Å². The average molecular weight is 604 g/mol. The van der Waals surface area contributed by atoms with Gasteiger partial charge < -0.3 is 20.7 Å². The summed E-state index contributed by atoms with van der Waals surface area (Å²) in [6.45, 7) is 0.205. The van der Waals surface area contributed by atoms with E-state index in [9.17, 15) is 14.9 Å². The van der Waals surface area contributed by atoms with E-state index in [0.717, 1.165) is 24.8 Å². The van der Waals surface area contributed by atoms with Crippen LogP contribution in [0.15, 0.2) is 66.7 Å². The highest BCUT2D eigenvalue weighted by Crippen LogP contribution is 2.41. The van der Waals surface area contributed by atoms with Crippen LogP contribution in [-0.2, 0) is 15.1 Å². The number of anilines is 2. The summed E-state index contributed by atoms with van der Waals surface area (Å²) >= 11 is 6.00. The zero-order valence-electron chi connectivity index (χ0n) is 24.2. The molecule has 0 spiro atoms. The van der Waals surface area contributed by atoms with Crippen LogP contribution < -0.4 is 16.0 Å². The van der Waals surface area contributed by atoms with Crippen LogP contribution in [0.2, 0.25) is 5.02 Å². The third kappa shape index (κ3) is 6.67. The summed E-state index contributed by atoms with van der Waals surface area (Å²) in [5.74, 6) is -0.544. The lowest BCUT2D eigenvalue weighted by Gasteiger charge is -2.32. The highest BCUT2D eigenvalue weighted by atomic mass is 35.5. The fraction of sp³-hybridized carbons (Fsp3) is 0.364. The van der Waals surface area contributed by atoms with Crippen molar-refractivity contribution in [1.82, 2.24) is 4.90 Å². The first-order valence-electron chi connectivity index (χ1n) is 14.4. The van der Waals surface area contributed by atoms with Crippen molar-refractivity contribution in [2.45, 2.75) is 49.8 Å². The Kier molecular flexibility index (Phi) is 9.02. The van der Waals surface area contributed by atoms with E-state index in [2.05, 4.69) is 11.4 Å². The number of halogens is 2. The molecule has 3 amide bonds. The first-order chi connectivity index (χ1) is 20.6. The van der Waals surface area contributed by atoms with E-state index in [4.69, 9.17) is 22.1 Å². The molecule has 3 aromatic carbocycles. The topological polar surface area (TPSA) is 112 Å². The molecule has 10 heteroatoms. The number of nitrogens with one attached hydrogen (secondary N) is 1. The summed E-state index contributed by atoms with van der Waals surface area (Å²) in [6.07, 6.45) is 3.71. The van der Waals surface area contributed by atoms with Crippen molar-refractivity contribution in [1.29, 1.82) is 5.26 Å². The zero-order valence-corrected chi connectivity index (χ0v) is 25.0. The second-order valence-electron chi connectivity index (χ2n) is 11.4. The number of nitrogens with two attached hydrogens (primary N) is 1. The Morgan fingerprint density at radius 3 is 2.56 bits per heavy atom. The maximum absolute atomic E-state index is 15.2. The Bertz CT molecular complexity index is 1540. The predicted molar refractivity (Wildman–Crippen MR) is 164 cm³/mol. The van der Waals surface area contributed by atoms with E-state index in [1.807, 2.05) is 6.07 Å². The summed E-state index contributed by atoms with van der Waals surface area (Å²) in [5, 5.41) is 12.7. The van der Waals surface area contributed by atoms with Crippen LogP contribution in [0.25, 0.3) is 0 Å².